The summed E-state index contributed by atoms with van der Waals surface area (Å²) in [5.41, 5.74) is 8.45. The van der Waals surface area contributed by atoms with E-state index in [1.807, 2.05) is 60.7 Å². The highest BCUT2D eigenvalue weighted by Gasteiger charge is 2.22. The van der Waals surface area contributed by atoms with Crippen molar-refractivity contribution in [3.05, 3.63) is 83.6 Å². The number of amides is 1. The third kappa shape index (κ3) is 4.32. The van der Waals surface area contributed by atoms with Crippen LogP contribution in [0.15, 0.2) is 72.4 Å². The molecule has 24 heavy (non-hydrogen) atoms. The van der Waals surface area contributed by atoms with E-state index in [0.29, 0.717) is 19.3 Å². The maximum Gasteiger partial charge on any atom is 0.242 e. The second-order valence-corrected chi connectivity index (χ2v) is 5.99. The molecule has 1 amide bonds. The fourth-order valence-electron chi connectivity index (χ4n) is 2.92. The number of benzene rings is 2. The van der Waals surface area contributed by atoms with E-state index >= 15 is 0 Å². The summed E-state index contributed by atoms with van der Waals surface area (Å²) >= 11 is 0. The Morgan fingerprint density at radius 3 is 2.33 bits per heavy atom. The Labute approximate surface area is 141 Å². The molecule has 0 aromatic heterocycles. The molecule has 122 valence electrons. The average Bonchev–Trinajstić information content (AvgIpc) is 2.61. The first-order valence-electron chi connectivity index (χ1n) is 8.08. The van der Waals surface area contributed by atoms with Gasteiger partial charge in [0.1, 0.15) is 0 Å². The number of nitrogens with one attached hydrogen (secondary N) is 2. The number of carbonyl (C=O) groups is 2. The third-order valence-corrected chi connectivity index (χ3v) is 4.09. The van der Waals surface area contributed by atoms with E-state index in [2.05, 4.69) is 10.9 Å². The van der Waals surface area contributed by atoms with Crippen molar-refractivity contribution < 1.29 is 9.59 Å². The molecule has 0 unspecified atom stereocenters. The minimum atomic E-state index is -0.128. The first-order chi connectivity index (χ1) is 11.7. The quantitative estimate of drug-likeness (QED) is 0.833. The SMILES string of the molecule is O=C1C=C(NNC(=O)Cc2ccccc2)C[C@H](c2ccccc2)C1. The number of hydrogen-bond acceptors (Lipinski definition) is 3. The zero-order valence-corrected chi connectivity index (χ0v) is 13.4. The minimum absolute atomic E-state index is 0.0786. The number of ketones is 1. The van der Waals surface area contributed by atoms with Crippen molar-refractivity contribution in [2.24, 2.45) is 0 Å². The van der Waals surface area contributed by atoms with Gasteiger partial charge in [-0.25, -0.2) is 0 Å². The fourth-order valence-corrected chi connectivity index (χ4v) is 2.92. The molecule has 1 atom stereocenters. The van der Waals surface area contributed by atoms with Crippen LogP contribution >= 0.6 is 0 Å². The molecule has 1 aliphatic rings. The maximum absolute atomic E-state index is 12.0. The zero-order valence-electron chi connectivity index (χ0n) is 13.4. The van der Waals surface area contributed by atoms with Crippen LogP contribution in [-0.4, -0.2) is 11.7 Å². The van der Waals surface area contributed by atoms with Crippen LogP contribution < -0.4 is 10.9 Å². The van der Waals surface area contributed by atoms with E-state index in [0.717, 1.165) is 16.8 Å². The fraction of sp³-hybridized carbons (Fsp3) is 0.200. The van der Waals surface area contributed by atoms with Gasteiger partial charge in [0.2, 0.25) is 5.91 Å². The molecule has 0 heterocycles. The highest BCUT2D eigenvalue weighted by Crippen LogP contribution is 2.29. The first kappa shape index (κ1) is 16.0. The summed E-state index contributed by atoms with van der Waals surface area (Å²) in [6.45, 7) is 0. The van der Waals surface area contributed by atoms with E-state index in [4.69, 9.17) is 0 Å². The van der Waals surface area contributed by atoms with Crippen LogP contribution in [0.3, 0.4) is 0 Å². The lowest BCUT2D eigenvalue weighted by atomic mass is 9.86. The van der Waals surface area contributed by atoms with Crippen molar-refractivity contribution in [1.82, 2.24) is 10.9 Å². The molecule has 1 aliphatic carbocycles. The van der Waals surface area contributed by atoms with Crippen molar-refractivity contribution in [3.63, 3.8) is 0 Å². The smallest absolute Gasteiger partial charge is 0.242 e. The zero-order chi connectivity index (χ0) is 16.8. The summed E-state index contributed by atoms with van der Waals surface area (Å²) in [5.74, 6) is 0.100. The first-order valence-corrected chi connectivity index (χ1v) is 8.08. The van der Waals surface area contributed by atoms with Crippen LogP contribution in [0, 0.1) is 0 Å². The minimum Gasteiger partial charge on any atom is -0.303 e. The van der Waals surface area contributed by atoms with Crippen LogP contribution in [0.4, 0.5) is 0 Å². The van der Waals surface area contributed by atoms with Gasteiger partial charge in [0, 0.05) is 18.2 Å². The number of hydrazine groups is 1. The van der Waals surface area contributed by atoms with Crippen LogP contribution in [0.5, 0.6) is 0 Å². The average molecular weight is 320 g/mol. The molecule has 4 heteroatoms. The molecule has 0 aliphatic heterocycles. The number of hydrogen-bond donors (Lipinski definition) is 2. The lowest BCUT2D eigenvalue weighted by Gasteiger charge is -2.23. The maximum atomic E-state index is 12.0. The molecule has 3 rings (SSSR count). The van der Waals surface area contributed by atoms with Gasteiger partial charge in [-0.1, -0.05) is 60.7 Å². The highest BCUT2D eigenvalue weighted by atomic mass is 16.2. The van der Waals surface area contributed by atoms with Crippen LogP contribution in [-0.2, 0) is 16.0 Å². The molecule has 0 spiro atoms. The Morgan fingerprint density at radius 2 is 1.62 bits per heavy atom. The molecule has 4 nitrogen and oxygen atoms in total. The summed E-state index contributed by atoms with van der Waals surface area (Å²) in [4.78, 5) is 24.0. The molecule has 0 bridgehead atoms. The van der Waals surface area contributed by atoms with Gasteiger partial charge in [0.15, 0.2) is 5.78 Å². The van der Waals surface area contributed by atoms with Crippen LogP contribution in [0.2, 0.25) is 0 Å². The second kappa shape index (κ2) is 7.59. The van der Waals surface area contributed by atoms with E-state index < -0.39 is 0 Å². The predicted octanol–water partition coefficient (Wildman–Crippen LogP) is 2.88. The molecule has 0 saturated heterocycles. The van der Waals surface area contributed by atoms with E-state index in [1.165, 1.54) is 0 Å². The summed E-state index contributed by atoms with van der Waals surface area (Å²) in [6, 6.07) is 19.5. The van der Waals surface area contributed by atoms with Gasteiger partial charge in [-0.3, -0.25) is 15.0 Å². The molecule has 0 fully saturated rings. The van der Waals surface area contributed by atoms with Gasteiger partial charge in [-0.15, -0.1) is 0 Å². The van der Waals surface area contributed by atoms with Crippen molar-refractivity contribution in [3.8, 4) is 0 Å². The van der Waals surface area contributed by atoms with E-state index in [9.17, 15) is 9.59 Å². The Bertz CT molecular complexity index is 739. The summed E-state index contributed by atoms with van der Waals surface area (Å²) < 4.78 is 0. The molecule has 2 N–H and O–H groups in total. The molecule has 2 aromatic carbocycles. The van der Waals surface area contributed by atoms with Gasteiger partial charge in [0.25, 0.3) is 0 Å². The van der Waals surface area contributed by atoms with E-state index in [-0.39, 0.29) is 17.6 Å². The molecule has 0 radical (unpaired) electrons. The summed E-state index contributed by atoms with van der Waals surface area (Å²) in [6.07, 6.45) is 3.11. The number of allylic oxidation sites excluding steroid dienone is 2. The summed E-state index contributed by atoms with van der Waals surface area (Å²) in [5, 5.41) is 0. The molecular weight excluding hydrogens is 300 g/mol. The number of rotatable bonds is 5. The highest BCUT2D eigenvalue weighted by molar-refractivity contribution is 5.92. The van der Waals surface area contributed by atoms with Crippen molar-refractivity contribution >= 4 is 11.7 Å². The van der Waals surface area contributed by atoms with E-state index in [1.54, 1.807) is 6.08 Å². The van der Waals surface area contributed by atoms with Crippen LogP contribution in [0.25, 0.3) is 0 Å². The largest absolute Gasteiger partial charge is 0.303 e. The van der Waals surface area contributed by atoms with Gasteiger partial charge in [-0.2, -0.15) is 0 Å². The lowest BCUT2D eigenvalue weighted by Crippen LogP contribution is -2.39. The standard InChI is InChI=1S/C20H20N2O2/c23-19-13-17(16-9-5-2-6-10-16)12-18(14-19)21-22-20(24)11-15-7-3-1-4-8-15/h1-10,14,17,21H,11-13H2,(H,22,24)/t17-/m0/s1. The van der Waals surface area contributed by atoms with Gasteiger partial charge >= 0.3 is 0 Å². The van der Waals surface area contributed by atoms with Crippen LogP contribution in [0.1, 0.15) is 29.9 Å². The van der Waals surface area contributed by atoms with Crippen molar-refractivity contribution in [2.45, 2.75) is 25.2 Å². The van der Waals surface area contributed by atoms with Gasteiger partial charge < -0.3 is 5.43 Å². The Morgan fingerprint density at radius 1 is 0.958 bits per heavy atom. The third-order valence-electron chi connectivity index (χ3n) is 4.09. The topological polar surface area (TPSA) is 58.2 Å². The van der Waals surface area contributed by atoms with Crippen molar-refractivity contribution in [1.29, 1.82) is 0 Å². The molecular formula is C20H20N2O2. The predicted molar refractivity (Wildman–Crippen MR) is 92.9 cm³/mol. The normalized spacial score (nSPS) is 17.1. The lowest BCUT2D eigenvalue weighted by molar-refractivity contribution is -0.121. The summed E-state index contributed by atoms with van der Waals surface area (Å²) in [7, 11) is 0. The second-order valence-electron chi connectivity index (χ2n) is 5.99. The Balaban J connectivity index is 1.56. The van der Waals surface area contributed by atoms with Gasteiger partial charge in [0.05, 0.1) is 6.42 Å². The van der Waals surface area contributed by atoms with Crippen molar-refractivity contribution in [2.75, 3.05) is 0 Å². The van der Waals surface area contributed by atoms with Gasteiger partial charge in [-0.05, 0) is 23.5 Å². The number of carbonyl (C=O) groups excluding carboxylic acids is 2. The Hall–Kier alpha value is -2.88. The monoisotopic (exact) mass is 320 g/mol. The molecule has 0 saturated carbocycles. The molecule has 2 aromatic rings. The Kier molecular flexibility index (Phi) is 5.06.